The molecule has 1 aromatic carbocycles. The molecule has 1 heterocycles. The monoisotopic (exact) mass is 256 g/mol. The van der Waals surface area contributed by atoms with Crippen LogP contribution in [0.15, 0.2) is 42.6 Å². The van der Waals surface area contributed by atoms with Gasteiger partial charge in [0.1, 0.15) is 5.82 Å². The maximum absolute atomic E-state index is 5.86. The number of nitrogens with one attached hydrogen (secondary N) is 1. The summed E-state index contributed by atoms with van der Waals surface area (Å²) >= 11 is 0. The van der Waals surface area contributed by atoms with Crippen LogP contribution in [0.2, 0.25) is 0 Å². The van der Waals surface area contributed by atoms with Crippen LogP contribution in [-0.2, 0) is 12.8 Å². The highest BCUT2D eigenvalue weighted by Gasteiger charge is 2.11. The van der Waals surface area contributed by atoms with E-state index in [4.69, 9.17) is 11.6 Å². The standard InChI is InChI=1S/C15H20N4/c1-11-4-2-5-12(8-11)9-14(19-17)10-13-6-3-7-18-15(13)16/h2-8,14,19H,9-10,17H2,1H3,(H2,16,18). The summed E-state index contributed by atoms with van der Waals surface area (Å²) in [6.45, 7) is 2.09. The second-order valence-corrected chi connectivity index (χ2v) is 4.81. The number of hydrogen-bond acceptors (Lipinski definition) is 4. The fraction of sp³-hybridized carbons (Fsp3) is 0.267. The Morgan fingerprint density at radius 1 is 1.21 bits per heavy atom. The van der Waals surface area contributed by atoms with Gasteiger partial charge < -0.3 is 5.73 Å². The summed E-state index contributed by atoms with van der Waals surface area (Å²) in [5.74, 6) is 6.22. The minimum Gasteiger partial charge on any atom is -0.383 e. The maximum Gasteiger partial charge on any atom is 0.126 e. The van der Waals surface area contributed by atoms with Gasteiger partial charge in [-0.05, 0) is 37.0 Å². The number of anilines is 1. The van der Waals surface area contributed by atoms with Gasteiger partial charge in [-0.1, -0.05) is 35.9 Å². The van der Waals surface area contributed by atoms with Crippen LogP contribution in [0.25, 0.3) is 0 Å². The van der Waals surface area contributed by atoms with Crippen LogP contribution < -0.4 is 17.0 Å². The van der Waals surface area contributed by atoms with Crippen molar-refractivity contribution in [2.24, 2.45) is 5.84 Å². The normalized spacial score (nSPS) is 12.3. The molecule has 1 atom stereocenters. The van der Waals surface area contributed by atoms with Gasteiger partial charge in [0.2, 0.25) is 0 Å². The summed E-state index contributed by atoms with van der Waals surface area (Å²) in [4.78, 5) is 4.10. The van der Waals surface area contributed by atoms with E-state index < -0.39 is 0 Å². The lowest BCUT2D eigenvalue weighted by Crippen LogP contribution is -2.38. The second-order valence-electron chi connectivity index (χ2n) is 4.81. The molecule has 0 aliphatic carbocycles. The van der Waals surface area contributed by atoms with Crippen molar-refractivity contribution in [1.82, 2.24) is 10.4 Å². The SMILES string of the molecule is Cc1cccc(CC(Cc2cccnc2N)NN)c1. The van der Waals surface area contributed by atoms with Crippen molar-refractivity contribution in [2.75, 3.05) is 5.73 Å². The summed E-state index contributed by atoms with van der Waals surface area (Å²) in [7, 11) is 0. The highest BCUT2D eigenvalue weighted by molar-refractivity contribution is 5.39. The number of hydrazine groups is 1. The zero-order valence-electron chi connectivity index (χ0n) is 11.1. The van der Waals surface area contributed by atoms with Crippen LogP contribution in [-0.4, -0.2) is 11.0 Å². The van der Waals surface area contributed by atoms with E-state index in [2.05, 4.69) is 41.6 Å². The van der Waals surface area contributed by atoms with E-state index in [0.29, 0.717) is 5.82 Å². The van der Waals surface area contributed by atoms with Gasteiger partial charge in [-0.2, -0.15) is 0 Å². The molecular formula is C15H20N4. The molecule has 0 saturated heterocycles. The number of pyridine rings is 1. The van der Waals surface area contributed by atoms with Gasteiger partial charge in [-0.15, -0.1) is 0 Å². The Hall–Kier alpha value is -1.91. The van der Waals surface area contributed by atoms with Crippen LogP contribution in [0, 0.1) is 6.92 Å². The first kappa shape index (κ1) is 13.5. The lowest BCUT2D eigenvalue weighted by molar-refractivity contribution is 0.522. The van der Waals surface area contributed by atoms with Crippen LogP contribution in [0.3, 0.4) is 0 Å². The third-order valence-corrected chi connectivity index (χ3v) is 3.19. The fourth-order valence-corrected chi connectivity index (χ4v) is 2.20. The lowest BCUT2D eigenvalue weighted by atomic mass is 9.99. The Morgan fingerprint density at radius 2 is 2.05 bits per heavy atom. The van der Waals surface area contributed by atoms with Gasteiger partial charge in [0.15, 0.2) is 0 Å². The first-order chi connectivity index (χ1) is 9.19. The average Bonchev–Trinajstić information content (AvgIpc) is 2.40. The van der Waals surface area contributed by atoms with Crippen molar-refractivity contribution in [1.29, 1.82) is 0 Å². The predicted molar refractivity (Wildman–Crippen MR) is 78.3 cm³/mol. The number of aryl methyl sites for hydroxylation is 1. The lowest BCUT2D eigenvalue weighted by Gasteiger charge is -2.17. The predicted octanol–water partition coefficient (Wildman–Crippen LogP) is 1.59. The van der Waals surface area contributed by atoms with E-state index >= 15 is 0 Å². The molecule has 4 nitrogen and oxygen atoms in total. The van der Waals surface area contributed by atoms with Crippen LogP contribution in [0.5, 0.6) is 0 Å². The molecule has 5 N–H and O–H groups in total. The molecule has 4 heteroatoms. The first-order valence-electron chi connectivity index (χ1n) is 6.40. The maximum atomic E-state index is 5.86. The van der Waals surface area contributed by atoms with E-state index in [9.17, 15) is 0 Å². The van der Waals surface area contributed by atoms with Gasteiger partial charge in [0, 0.05) is 12.2 Å². The molecule has 0 radical (unpaired) electrons. The molecule has 0 amide bonds. The van der Waals surface area contributed by atoms with Crippen molar-refractivity contribution in [2.45, 2.75) is 25.8 Å². The molecule has 2 aromatic rings. The minimum atomic E-state index is 0.147. The quantitative estimate of drug-likeness (QED) is 0.561. The zero-order valence-corrected chi connectivity index (χ0v) is 11.1. The minimum absolute atomic E-state index is 0.147. The van der Waals surface area contributed by atoms with Crippen LogP contribution >= 0.6 is 0 Å². The molecule has 19 heavy (non-hydrogen) atoms. The summed E-state index contributed by atoms with van der Waals surface area (Å²) in [6.07, 6.45) is 3.33. The van der Waals surface area contributed by atoms with Crippen molar-refractivity contribution >= 4 is 5.82 Å². The van der Waals surface area contributed by atoms with Gasteiger partial charge >= 0.3 is 0 Å². The molecule has 100 valence electrons. The number of rotatable bonds is 5. The Bertz CT molecular complexity index is 539. The molecule has 0 aliphatic rings. The summed E-state index contributed by atoms with van der Waals surface area (Å²) in [5, 5.41) is 0. The van der Waals surface area contributed by atoms with E-state index in [-0.39, 0.29) is 6.04 Å². The Kier molecular flexibility index (Phi) is 4.49. The van der Waals surface area contributed by atoms with Crippen LogP contribution in [0.4, 0.5) is 5.82 Å². The highest BCUT2D eigenvalue weighted by atomic mass is 15.2. The molecule has 0 saturated carbocycles. The van der Waals surface area contributed by atoms with Gasteiger partial charge in [0.25, 0.3) is 0 Å². The molecule has 2 rings (SSSR count). The largest absolute Gasteiger partial charge is 0.383 e. The Morgan fingerprint density at radius 3 is 2.74 bits per heavy atom. The van der Waals surface area contributed by atoms with E-state index in [1.807, 2.05) is 12.1 Å². The van der Waals surface area contributed by atoms with Gasteiger partial charge in [-0.3, -0.25) is 11.3 Å². The third-order valence-electron chi connectivity index (χ3n) is 3.19. The van der Waals surface area contributed by atoms with Crippen molar-refractivity contribution in [3.8, 4) is 0 Å². The van der Waals surface area contributed by atoms with E-state index in [0.717, 1.165) is 18.4 Å². The fourth-order valence-electron chi connectivity index (χ4n) is 2.20. The molecule has 1 aromatic heterocycles. The average molecular weight is 256 g/mol. The molecule has 0 spiro atoms. The number of aromatic nitrogens is 1. The first-order valence-corrected chi connectivity index (χ1v) is 6.40. The third kappa shape index (κ3) is 3.77. The summed E-state index contributed by atoms with van der Waals surface area (Å²) < 4.78 is 0. The van der Waals surface area contributed by atoms with E-state index in [1.165, 1.54) is 11.1 Å². The molecule has 0 fully saturated rings. The molecule has 0 bridgehead atoms. The summed E-state index contributed by atoms with van der Waals surface area (Å²) in [5.41, 5.74) is 12.3. The highest BCUT2D eigenvalue weighted by Crippen LogP contribution is 2.13. The van der Waals surface area contributed by atoms with Crippen molar-refractivity contribution in [3.63, 3.8) is 0 Å². The molecule has 1 unspecified atom stereocenters. The zero-order chi connectivity index (χ0) is 13.7. The number of benzene rings is 1. The van der Waals surface area contributed by atoms with Crippen LogP contribution in [0.1, 0.15) is 16.7 Å². The number of nitrogen functional groups attached to an aromatic ring is 1. The van der Waals surface area contributed by atoms with Crippen molar-refractivity contribution < 1.29 is 0 Å². The number of nitrogens with zero attached hydrogens (tertiary/aromatic N) is 1. The van der Waals surface area contributed by atoms with Gasteiger partial charge in [-0.25, -0.2) is 4.98 Å². The second kappa shape index (κ2) is 6.31. The number of hydrogen-bond donors (Lipinski definition) is 3. The van der Waals surface area contributed by atoms with Crippen molar-refractivity contribution in [3.05, 3.63) is 59.3 Å². The topological polar surface area (TPSA) is 77.0 Å². The Labute approximate surface area is 113 Å². The van der Waals surface area contributed by atoms with E-state index in [1.54, 1.807) is 6.20 Å². The Balaban J connectivity index is 2.07. The number of nitrogens with two attached hydrogens (primary N) is 2. The smallest absolute Gasteiger partial charge is 0.126 e. The summed E-state index contributed by atoms with van der Waals surface area (Å²) in [6, 6.07) is 12.5. The molecule has 0 aliphatic heterocycles. The van der Waals surface area contributed by atoms with Gasteiger partial charge in [0.05, 0.1) is 0 Å². The molecular weight excluding hydrogens is 236 g/mol.